The largest absolute Gasteiger partial charge is 0.496 e. The highest BCUT2D eigenvalue weighted by atomic mass is 79.9. The summed E-state index contributed by atoms with van der Waals surface area (Å²) in [4.78, 5) is 12.6. The molecule has 0 heterocycles. The fourth-order valence-corrected chi connectivity index (χ4v) is 4.34. The van der Waals surface area contributed by atoms with E-state index in [0.29, 0.717) is 5.75 Å². The lowest BCUT2D eigenvalue weighted by Gasteiger charge is -2.22. The molecule has 0 radical (unpaired) electrons. The number of methoxy groups -OCH3 is 1. The highest BCUT2D eigenvalue weighted by Crippen LogP contribution is 2.24. The van der Waals surface area contributed by atoms with Gasteiger partial charge in [-0.05, 0) is 37.3 Å². The van der Waals surface area contributed by atoms with E-state index in [1.54, 1.807) is 26.2 Å². The Morgan fingerprint density at radius 2 is 1.81 bits per heavy atom. The Bertz CT molecular complexity index is 885. The Morgan fingerprint density at radius 1 is 1.19 bits per heavy atom. The van der Waals surface area contributed by atoms with Crippen LogP contribution in [0.25, 0.3) is 0 Å². The van der Waals surface area contributed by atoms with E-state index in [1.807, 2.05) is 31.2 Å². The molecule has 6 nitrogen and oxygen atoms in total. The van der Waals surface area contributed by atoms with Gasteiger partial charge in [0.1, 0.15) is 5.75 Å². The van der Waals surface area contributed by atoms with Crippen molar-refractivity contribution in [3.8, 4) is 5.75 Å². The van der Waals surface area contributed by atoms with Gasteiger partial charge in [0.2, 0.25) is 15.9 Å². The van der Waals surface area contributed by atoms with Gasteiger partial charge in [-0.15, -0.1) is 0 Å². The van der Waals surface area contributed by atoms with E-state index in [9.17, 15) is 13.2 Å². The second kappa shape index (κ2) is 9.34. The minimum Gasteiger partial charge on any atom is -0.496 e. The zero-order valence-electron chi connectivity index (χ0n) is 15.5. The molecule has 0 aliphatic rings. The zero-order valence-corrected chi connectivity index (χ0v) is 17.9. The maximum atomic E-state index is 12.8. The standard InChI is InChI=1S/C19H23BrN2O4S/c1-4-22(27(24,25)16-11-9-15(20)10-12-16)13-19(23)21-14(2)17-7-5-6-8-18(17)26-3/h5-12,14H,4,13H2,1-3H3,(H,21,23)/t14-/m1/s1. The molecule has 1 atom stereocenters. The molecule has 8 heteroatoms. The number of rotatable bonds is 8. The van der Waals surface area contributed by atoms with Gasteiger partial charge in [0.25, 0.3) is 0 Å². The van der Waals surface area contributed by atoms with E-state index in [-0.39, 0.29) is 29.9 Å². The van der Waals surface area contributed by atoms with Crippen LogP contribution >= 0.6 is 15.9 Å². The maximum Gasteiger partial charge on any atom is 0.243 e. The number of benzene rings is 2. The molecule has 0 saturated carbocycles. The van der Waals surface area contributed by atoms with Crippen LogP contribution in [0.5, 0.6) is 5.75 Å². The third-order valence-corrected chi connectivity index (χ3v) is 6.57. The molecule has 0 fully saturated rings. The summed E-state index contributed by atoms with van der Waals surface area (Å²) in [5.41, 5.74) is 0.826. The van der Waals surface area contributed by atoms with Crippen LogP contribution in [-0.2, 0) is 14.8 Å². The number of sulfonamides is 1. The van der Waals surface area contributed by atoms with E-state index in [4.69, 9.17) is 4.74 Å². The van der Waals surface area contributed by atoms with Crippen molar-refractivity contribution in [1.29, 1.82) is 0 Å². The first-order valence-electron chi connectivity index (χ1n) is 8.47. The van der Waals surface area contributed by atoms with Gasteiger partial charge in [-0.3, -0.25) is 4.79 Å². The summed E-state index contributed by atoms with van der Waals surface area (Å²) in [7, 11) is -2.18. The van der Waals surface area contributed by atoms with Crippen molar-refractivity contribution in [3.63, 3.8) is 0 Å². The average Bonchev–Trinajstić information content (AvgIpc) is 2.66. The minimum absolute atomic E-state index is 0.151. The van der Waals surface area contributed by atoms with Gasteiger partial charge in [0.15, 0.2) is 0 Å². The summed E-state index contributed by atoms with van der Waals surface area (Å²) in [5, 5.41) is 2.84. The molecular formula is C19H23BrN2O4S. The van der Waals surface area contributed by atoms with Gasteiger partial charge in [0.05, 0.1) is 24.6 Å². The van der Waals surface area contributed by atoms with Gasteiger partial charge >= 0.3 is 0 Å². The first kappa shape index (κ1) is 21.4. The van der Waals surface area contributed by atoms with E-state index >= 15 is 0 Å². The van der Waals surface area contributed by atoms with Crippen molar-refractivity contribution in [3.05, 3.63) is 58.6 Å². The van der Waals surface area contributed by atoms with Crippen LogP contribution < -0.4 is 10.1 Å². The number of halogens is 1. The Kier molecular flexibility index (Phi) is 7.41. The van der Waals surface area contributed by atoms with Crippen LogP contribution in [0.15, 0.2) is 57.9 Å². The first-order valence-corrected chi connectivity index (χ1v) is 10.7. The van der Waals surface area contributed by atoms with Crippen LogP contribution in [0.2, 0.25) is 0 Å². The smallest absolute Gasteiger partial charge is 0.243 e. The van der Waals surface area contributed by atoms with Crippen molar-refractivity contribution >= 4 is 31.9 Å². The molecule has 1 N–H and O–H groups in total. The Morgan fingerprint density at radius 3 is 2.41 bits per heavy atom. The third kappa shape index (κ3) is 5.31. The number of para-hydroxylation sites is 1. The number of nitrogens with one attached hydrogen (secondary N) is 1. The molecule has 0 saturated heterocycles. The lowest BCUT2D eigenvalue weighted by Crippen LogP contribution is -2.41. The van der Waals surface area contributed by atoms with Crippen molar-refractivity contribution in [2.24, 2.45) is 0 Å². The first-order chi connectivity index (χ1) is 12.8. The molecule has 0 aliphatic heterocycles. The van der Waals surface area contributed by atoms with E-state index in [1.165, 1.54) is 12.1 Å². The van der Waals surface area contributed by atoms with E-state index < -0.39 is 10.0 Å². The van der Waals surface area contributed by atoms with Crippen molar-refractivity contribution in [1.82, 2.24) is 9.62 Å². The molecule has 2 rings (SSSR count). The molecule has 0 aliphatic carbocycles. The number of hydrogen-bond acceptors (Lipinski definition) is 4. The van der Waals surface area contributed by atoms with Crippen LogP contribution in [0, 0.1) is 0 Å². The predicted octanol–water partition coefficient (Wildman–Crippen LogP) is 3.35. The summed E-state index contributed by atoms with van der Waals surface area (Å²) in [5.74, 6) is 0.288. The van der Waals surface area contributed by atoms with Gasteiger partial charge in [-0.2, -0.15) is 4.31 Å². The zero-order chi connectivity index (χ0) is 20.0. The summed E-state index contributed by atoms with van der Waals surface area (Å²) in [6, 6.07) is 13.4. The number of likely N-dealkylation sites (N-methyl/N-ethyl adjacent to an activating group) is 1. The third-order valence-electron chi connectivity index (χ3n) is 4.11. The maximum absolute atomic E-state index is 12.8. The van der Waals surface area contributed by atoms with E-state index in [2.05, 4.69) is 21.2 Å². The minimum atomic E-state index is -3.75. The second-order valence-corrected chi connectivity index (χ2v) is 8.77. The molecular weight excluding hydrogens is 432 g/mol. The summed E-state index contributed by atoms with van der Waals surface area (Å²) < 4.78 is 32.8. The van der Waals surface area contributed by atoms with Gasteiger partial charge in [-0.1, -0.05) is 41.1 Å². The number of carbonyl (C=O) groups is 1. The highest BCUT2D eigenvalue weighted by Gasteiger charge is 2.26. The molecule has 1 amide bonds. The number of amides is 1. The Hall–Kier alpha value is -1.90. The molecule has 0 spiro atoms. The number of hydrogen-bond donors (Lipinski definition) is 1. The SMILES string of the molecule is CCN(CC(=O)N[C@H](C)c1ccccc1OC)S(=O)(=O)c1ccc(Br)cc1. The fraction of sp³-hybridized carbons (Fsp3) is 0.316. The van der Waals surface area contributed by atoms with Crippen LogP contribution in [0.1, 0.15) is 25.5 Å². The Labute approximate surface area is 168 Å². The van der Waals surface area contributed by atoms with Gasteiger partial charge in [-0.25, -0.2) is 8.42 Å². The fourth-order valence-electron chi connectivity index (χ4n) is 2.67. The molecule has 0 bridgehead atoms. The predicted molar refractivity (Wildman–Crippen MR) is 108 cm³/mol. The van der Waals surface area contributed by atoms with Crippen LogP contribution in [-0.4, -0.2) is 38.8 Å². The van der Waals surface area contributed by atoms with Crippen molar-refractivity contribution in [2.75, 3.05) is 20.2 Å². The van der Waals surface area contributed by atoms with Crippen molar-refractivity contribution < 1.29 is 17.9 Å². The van der Waals surface area contributed by atoms with Gasteiger partial charge < -0.3 is 10.1 Å². The lowest BCUT2D eigenvalue weighted by molar-refractivity contribution is -0.121. The van der Waals surface area contributed by atoms with Crippen LogP contribution in [0.4, 0.5) is 0 Å². The number of nitrogens with zero attached hydrogens (tertiary/aromatic N) is 1. The lowest BCUT2D eigenvalue weighted by atomic mass is 10.1. The van der Waals surface area contributed by atoms with Crippen LogP contribution in [0.3, 0.4) is 0 Å². The van der Waals surface area contributed by atoms with E-state index in [0.717, 1.165) is 14.3 Å². The normalized spacial score (nSPS) is 12.6. The molecule has 146 valence electrons. The monoisotopic (exact) mass is 454 g/mol. The molecule has 27 heavy (non-hydrogen) atoms. The summed E-state index contributed by atoms with van der Waals surface area (Å²) >= 11 is 3.28. The molecule has 0 unspecified atom stereocenters. The highest BCUT2D eigenvalue weighted by molar-refractivity contribution is 9.10. The average molecular weight is 455 g/mol. The molecule has 2 aromatic carbocycles. The molecule has 2 aromatic rings. The summed E-state index contributed by atoms with van der Waals surface area (Å²) in [6.07, 6.45) is 0. The Balaban J connectivity index is 2.11. The van der Waals surface area contributed by atoms with Gasteiger partial charge in [0, 0.05) is 16.6 Å². The quantitative estimate of drug-likeness (QED) is 0.663. The summed E-state index contributed by atoms with van der Waals surface area (Å²) in [6.45, 7) is 3.46. The topological polar surface area (TPSA) is 75.7 Å². The number of ether oxygens (including phenoxy) is 1. The number of carbonyl (C=O) groups excluding carboxylic acids is 1. The molecule has 0 aromatic heterocycles. The second-order valence-electron chi connectivity index (χ2n) is 5.92. The van der Waals surface area contributed by atoms with Crippen molar-refractivity contribution in [2.45, 2.75) is 24.8 Å².